The molecule has 0 atom stereocenters. The molecule has 0 fully saturated rings. The Kier molecular flexibility index (Phi) is 22.9. The molecule has 0 unspecified atom stereocenters. The molecule has 0 saturated heterocycles. The summed E-state index contributed by atoms with van der Waals surface area (Å²) in [5, 5.41) is 22.1. The summed E-state index contributed by atoms with van der Waals surface area (Å²) in [5.74, 6) is 1.33. The van der Waals surface area contributed by atoms with Crippen molar-refractivity contribution in [2.75, 3.05) is 51.2 Å². The number of alkyl halides is 2. The summed E-state index contributed by atoms with van der Waals surface area (Å²) in [6.07, 6.45) is 0. The third-order valence-electron chi connectivity index (χ3n) is 1.12. The number of aliphatic hydroxyl groups is 2. The van der Waals surface area contributed by atoms with Gasteiger partial charge in [0.15, 0.2) is 0 Å². The van der Waals surface area contributed by atoms with Crippen LogP contribution in [-0.4, -0.2) is 61.4 Å². The first-order valence-corrected chi connectivity index (χ1v) is 5.65. The van der Waals surface area contributed by atoms with Crippen molar-refractivity contribution >= 4 is 23.2 Å². The van der Waals surface area contributed by atoms with Crippen LogP contribution in [0.4, 0.5) is 0 Å². The van der Waals surface area contributed by atoms with E-state index in [9.17, 15) is 0 Å². The monoisotopic (exact) mass is 246 g/mol. The van der Waals surface area contributed by atoms with E-state index in [2.05, 4.69) is 10.6 Å². The second-order valence-corrected chi connectivity index (χ2v) is 3.08. The van der Waals surface area contributed by atoms with Crippen molar-refractivity contribution in [2.24, 2.45) is 0 Å². The Morgan fingerprint density at radius 1 is 0.714 bits per heavy atom. The largest absolute Gasteiger partial charge is 0.395 e. The molecular formula is C8H20Cl2N2O2. The van der Waals surface area contributed by atoms with E-state index in [1.54, 1.807) is 0 Å². The Labute approximate surface area is 95.6 Å². The molecule has 0 aliphatic carbocycles. The third kappa shape index (κ3) is 22.8. The van der Waals surface area contributed by atoms with Crippen LogP contribution in [0.2, 0.25) is 0 Å². The van der Waals surface area contributed by atoms with Crippen molar-refractivity contribution in [2.45, 2.75) is 0 Å². The molecule has 0 rings (SSSR count). The van der Waals surface area contributed by atoms with Crippen LogP contribution in [0.3, 0.4) is 0 Å². The van der Waals surface area contributed by atoms with Crippen molar-refractivity contribution in [3.8, 4) is 0 Å². The van der Waals surface area contributed by atoms with Crippen LogP contribution in [0.5, 0.6) is 0 Å². The highest BCUT2D eigenvalue weighted by atomic mass is 35.5. The highest BCUT2D eigenvalue weighted by Crippen LogP contribution is 1.71. The quantitative estimate of drug-likeness (QED) is 0.348. The van der Waals surface area contributed by atoms with Gasteiger partial charge in [0.05, 0.1) is 13.2 Å². The van der Waals surface area contributed by atoms with Crippen LogP contribution < -0.4 is 10.6 Å². The van der Waals surface area contributed by atoms with Gasteiger partial charge in [-0.1, -0.05) is 0 Å². The fourth-order valence-electron chi connectivity index (χ4n) is 0.542. The van der Waals surface area contributed by atoms with Gasteiger partial charge in [0, 0.05) is 37.9 Å². The molecule has 88 valence electrons. The Morgan fingerprint density at radius 3 is 1.36 bits per heavy atom. The number of halogens is 2. The zero-order chi connectivity index (χ0) is 11.1. The highest BCUT2D eigenvalue weighted by molar-refractivity contribution is 6.18. The molecule has 0 aliphatic heterocycles. The normalized spacial score (nSPS) is 9.43. The average molecular weight is 247 g/mol. The van der Waals surface area contributed by atoms with Crippen LogP contribution in [0.1, 0.15) is 0 Å². The minimum absolute atomic E-state index is 0.139. The molecule has 0 radical (unpaired) electrons. The molecule has 4 nitrogen and oxygen atoms in total. The van der Waals surface area contributed by atoms with E-state index in [1.165, 1.54) is 0 Å². The van der Waals surface area contributed by atoms with E-state index in [-0.39, 0.29) is 13.2 Å². The number of hydrogen-bond acceptors (Lipinski definition) is 4. The maximum Gasteiger partial charge on any atom is 0.0555 e. The van der Waals surface area contributed by atoms with Gasteiger partial charge < -0.3 is 20.8 Å². The minimum atomic E-state index is 0.139. The Hall–Kier alpha value is 0.420. The van der Waals surface area contributed by atoms with Crippen molar-refractivity contribution in [3.63, 3.8) is 0 Å². The lowest BCUT2D eigenvalue weighted by molar-refractivity contribution is 0.267. The first-order valence-electron chi connectivity index (χ1n) is 4.58. The maximum atomic E-state index is 8.15. The van der Waals surface area contributed by atoms with E-state index >= 15 is 0 Å². The summed E-state index contributed by atoms with van der Waals surface area (Å²) in [4.78, 5) is 0. The lowest BCUT2D eigenvalue weighted by Gasteiger charge is -1.94. The molecule has 0 aromatic carbocycles. The van der Waals surface area contributed by atoms with E-state index in [0.717, 1.165) is 13.1 Å². The molecule has 0 saturated carbocycles. The predicted octanol–water partition coefficient (Wildman–Crippen LogP) is -0.386. The summed E-state index contributed by atoms with van der Waals surface area (Å²) in [7, 11) is 0. The van der Waals surface area contributed by atoms with E-state index < -0.39 is 0 Å². The van der Waals surface area contributed by atoms with Gasteiger partial charge in [0.1, 0.15) is 0 Å². The average Bonchev–Trinajstić information content (AvgIpc) is 2.21. The molecular weight excluding hydrogens is 227 g/mol. The first-order chi connectivity index (χ1) is 6.83. The highest BCUT2D eigenvalue weighted by Gasteiger charge is 1.79. The number of rotatable bonds is 8. The molecule has 0 bridgehead atoms. The van der Waals surface area contributed by atoms with Crippen molar-refractivity contribution in [1.29, 1.82) is 0 Å². The SMILES string of the molecule is ClCCNCCCl.OCCNCCO. The molecule has 0 aliphatic rings. The van der Waals surface area contributed by atoms with Gasteiger partial charge in [-0.3, -0.25) is 0 Å². The van der Waals surface area contributed by atoms with Crippen LogP contribution in [0.15, 0.2) is 0 Å². The molecule has 0 heterocycles. The summed E-state index contributed by atoms with van der Waals surface area (Å²) in [6.45, 7) is 3.13. The van der Waals surface area contributed by atoms with Gasteiger partial charge in [-0.15, -0.1) is 23.2 Å². The lowest BCUT2D eigenvalue weighted by Crippen LogP contribution is -2.21. The molecule has 0 spiro atoms. The van der Waals surface area contributed by atoms with E-state index in [4.69, 9.17) is 33.4 Å². The van der Waals surface area contributed by atoms with Crippen molar-refractivity contribution in [1.82, 2.24) is 10.6 Å². The van der Waals surface area contributed by atoms with Crippen LogP contribution in [0.25, 0.3) is 0 Å². The molecule has 4 N–H and O–H groups in total. The summed E-state index contributed by atoms with van der Waals surface area (Å²) >= 11 is 10.7. The second kappa shape index (κ2) is 19.1. The summed E-state index contributed by atoms with van der Waals surface area (Å²) < 4.78 is 0. The van der Waals surface area contributed by atoms with Gasteiger partial charge in [-0.2, -0.15) is 0 Å². The Balaban J connectivity index is 0. The fraction of sp³-hybridized carbons (Fsp3) is 1.00. The van der Waals surface area contributed by atoms with Crippen LogP contribution >= 0.6 is 23.2 Å². The summed E-state index contributed by atoms with van der Waals surface area (Å²) in [6, 6.07) is 0. The van der Waals surface area contributed by atoms with Crippen molar-refractivity contribution in [3.05, 3.63) is 0 Å². The fourth-order valence-corrected chi connectivity index (χ4v) is 0.809. The topological polar surface area (TPSA) is 64.5 Å². The molecule has 0 amide bonds. The van der Waals surface area contributed by atoms with Crippen molar-refractivity contribution < 1.29 is 10.2 Å². The zero-order valence-electron chi connectivity index (χ0n) is 8.31. The van der Waals surface area contributed by atoms with E-state index in [0.29, 0.717) is 24.8 Å². The summed E-state index contributed by atoms with van der Waals surface area (Å²) in [5.41, 5.74) is 0. The second-order valence-electron chi connectivity index (χ2n) is 2.33. The lowest BCUT2D eigenvalue weighted by atomic mass is 10.6. The third-order valence-corrected chi connectivity index (χ3v) is 1.50. The Morgan fingerprint density at radius 2 is 1.07 bits per heavy atom. The van der Waals surface area contributed by atoms with Gasteiger partial charge in [0.2, 0.25) is 0 Å². The minimum Gasteiger partial charge on any atom is -0.395 e. The predicted molar refractivity (Wildman–Crippen MR) is 61.4 cm³/mol. The first kappa shape index (κ1) is 16.8. The smallest absolute Gasteiger partial charge is 0.0555 e. The molecule has 6 heteroatoms. The molecule has 0 aromatic rings. The Bertz CT molecular complexity index is 71.7. The van der Waals surface area contributed by atoms with Gasteiger partial charge in [-0.25, -0.2) is 0 Å². The van der Waals surface area contributed by atoms with Gasteiger partial charge in [0.25, 0.3) is 0 Å². The van der Waals surface area contributed by atoms with Gasteiger partial charge in [-0.05, 0) is 0 Å². The number of aliphatic hydroxyl groups excluding tert-OH is 2. The molecule has 14 heavy (non-hydrogen) atoms. The standard InChI is InChI=1S/C4H9Cl2N.C4H11NO2/c5-1-3-7-4-2-6;6-3-1-5-2-4-7/h7H,1-4H2;5-7H,1-4H2. The number of hydrogen-bond donors (Lipinski definition) is 4. The molecule has 0 aromatic heterocycles. The maximum absolute atomic E-state index is 8.15. The van der Waals surface area contributed by atoms with E-state index in [1.807, 2.05) is 0 Å². The van der Waals surface area contributed by atoms with Gasteiger partial charge >= 0.3 is 0 Å². The van der Waals surface area contributed by atoms with Crippen LogP contribution in [0, 0.1) is 0 Å². The zero-order valence-corrected chi connectivity index (χ0v) is 9.82. The van der Waals surface area contributed by atoms with Crippen LogP contribution in [-0.2, 0) is 0 Å². The number of nitrogens with one attached hydrogen (secondary N) is 2.